The molecule has 0 atom stereocenters. The third-order valence-electron chi connectivity index (χ3n) is 2.61. The van der Waals surface area contributed by atoms with Crippen LogP contribution in [0.5, 0.6) is 11.5 Å². The van der Waals surface area contributed by atoms with Gasteiger partial charge in [-0.15, -0.1) is 0 Å². The lowest BCUT2D eigenvalue weighted by atomic mass is 10.3. The van der Waals surface area contributed by atoms with E-state index in [2.05, 4.69) is 31.5 Å². The molecule has 0 aliphatic heterocycles. The Balaban J connectivity index is 2.04. The first-order valence-electron chi connectivity index (χ1n) is 6.04. The van der Waals surface area contributed by atoms with Gasteiger partial charge in [-0.1, -0.05) is 0 Å². The van der Waals surface area contributed by atoms with Gasteiger partial charge in [-0.25, -0.2) is 4.98 Å². The molecule has 1 heterocycles. The van der Waals surface area contributed by atoms with E-state index in [0.717, 1.165) is 10.2 Å². The van der Waals surface area contributed by atoms with Crippen LogP contribution in [0.3, 0.4) is 0 Å². The molecule has 0 amide bonds. The molecule has 110 valence electrons. The van der Waals surface area contributed by atoms with Crippen LogP contribution in [0.1, 0.15) is 0 Å². The van der Waals surface area contributed by atoms with E-state index in [1.54, 1.807) is 20.4 Å². The zero-order chi connectivity index (χ0) is 15.2. The Morgan fingerprint density at radius 3 is 2.48 bits per heavy atom. The molecule has 0 saturated carbocycles. The van der Waals surface area contributed by atoms with Crippen molar-refractivity contribution >= 4 is 44.8 Å². The standard InChI is InChI=1S/C14H14BrN3O2S/c1-19-11-5-4-10(7-12(11)20-2)17-14(21)18-13-6-3-9(15)8-16-13/h3-8H,1-2H3,(H2,16,17,18,21). The minimum atomic E-state index is 0.442. The topological polar surface area (TPSA) is 55.4 Å². The lowest BCUT2D eigenvalue weighted by molar-refractivity contribution is 0.355. The summed E-state index contributed by atoms with van der Waals surface area (Å²) in [7, 11) is 3.18. The van der Waals surface area contributed by atoms with Gasteiger partial charge in [0.1, 0.15) is 5.82 Å². The molecular weight excluding hydrogens is 354 g/mol. The number of halogens is 1. The molecule has 0 aliphatic carbocycles. The molecule has 0 spiro atoms. The second kappa shape index (κ2) is 7.24. The lowest BCUT2D eigenvalue weighted by Crippen LogP contribution is -2.19. The fraction of sp³-hybridized carbons (Fsp3) is 0.143. The second-order valence-corrected chi connectivity index (χ2v) is 5.33. The van der Waals surface area contributed by atoms with Crippen molar-refractivity contribution in [2.45, 2.75) is 0 Å². The van der Waals surface area contributed by atoms with Gasteiger partial charge in [0.2, 0.25) is 0 Å². The summed E-state index contributed by atoms with van der Waals surface area (Å²) in [4.78, 5) is 4.19. The molecule has 2 aromatic rings. The molecule has 0 fully saturated rings. The summed E-state index contributed by atoms with van der Waals surface area (Å²) < 4.78 is 11.3. The first-order chi connectivity index (χ1) is 10.1. The molecule has 1 aromatic carbocycles. The molecule has 2 rings (SSSR count). The number of hydrogen-bond acceptors (Lipinski definition) is 4. The number of aromatic nitrogens is 1. The highest BCUT2D eigenvalue weighted by molar-refractivity contribution is 9.10. The number of methoxy groups -OCH3 is 2. The third-order valence-corrected chi connectivity index (χ3v) is 3.28. The maximum atomic E-state index is 5.25. The number of pyridine rings is 1. The molecule has 0 unspecified atom stereocenters. The van der Waals surface area contributed by atoms with Crippen molar-refractivity contribution in [1.29, 1.82) is 0 Å². The van der Waals surface area contributed by atoms with Crippen LogP contribution in [0.15, 0.2) is 41.0 Å². The average Bonchev–Trinajstić information content (AvgIpc) is 2.49. The molecule has 0 aliphatic rings. The van der Waals surface area contributed by atoms with Crippen molar-refractivity contribution in [3.8, 4) is 11.5 Å². The number of benzene rings is 1. The largest absolute Gasteiger partial charge is 0.493 e. The van der Waals surface area contributed by atoms with Gasteiger partial charge in [0.25, 0.3) is 0 Å². The molecule has 21 heavy (non-hydrogen) atoms. The maximum Gasteiger partial charge on any atom is 0.176 e. The molecule has 1 aromatic heterocycles. The number of ether oxygens (including phenoxy) is 2. The summed E-state index contributed by atoms with van der Waals surface area (Å²) in [6.07, 6.45) is 1.70. The van der Waals surface area contributed by atoms with Crippen molar-refractivity contribution in [2.24, 2.45) is 0 Å². The number of nitrogens with one attached hydrogen (secondary N) is 2. The Morgan fingerprint density at radius 2 is 1.86 bits per heavy atom. The van der Waals surface area contributed by atoms with Gasteiger partial charge in [0.15, 0.2) is 16.6 Å². The van der Waals surface area contributed by atoms with E-state index in [9.17, 15) is 0 Å². The Hall–Kier alpha value is -1.86. The SMILES string of the molecule is COc1ccc(NC(=S)Nc2ccc(Br)cn2)cc1OC. The van der Waals surface area contributed by atoms with Crippen LogP contribution >= 0.6 is 28.1 Å². The minimum absolute atomic E-state index is 0.442. The molecule has 2 N–H and O–H groups in total. The first kappa shape index (κ1) is 15.5. The summed E-state index contributed by atoms with van der Waals surface area (Å²) in [6, 6.07) is 9.18. The van der Waals surface area contributed by atoms with Crippen molar-refractivity contribution < 1.29 is 9.47 Å². The van der Waals surface area contributed by atoms with Gasteiger partial charge in [-0.2, -0.15) is 0 Å². The normalized spacial score (nSPS) is 9.86. The average molecular weight is 368 g/mol. The van der Waals surface area contributed by atoms with Crippen LogP contribution in [0.25, 0.3) is 0 Å². The highest BCUT2D eigenvalue weighted by atomic mass is 79.9. The third kappa shape index (κ3) is 4.30. The Labute approximate surface area is 136 Å². The fourth-order valence-electron chi connectivity index (χ4n) is 1.64. The molecule has 0 saturated heterocycles. The van der Waals surface area contributed by atoms with Crippen LogP contribution in [0.2, 0.25) is 0 Å². The number of nitrogens with zero attached hydrogens (tertiary/aromatic N) is 1. The van der Waals surface area contributed by atoms with E-state index < -0.39 is 0 Å². The van der Waals surface area contributed by atoms with Crippen LogP contribution in [-0.2, 0) is 0 Å². The van der Waals surface area contributed by atoms with Gasteiger partial charge in [-0.05, 0) is 52.4 Å². The zero-order valence-corrected chi connectivity index (χ0v) is 13.9. The van der Waals surface area contributed by atoms with Crippen LogP contribution < -0.4 is 20.1 Å². The van der Waals surface area contributed by atoms with E-state index in [-0.39, 0.29) is 0 Å². The van der Waals surface area contributed by atoms with Crippen LogP contribution in [0, 0.1) is 0 Å². The van der Waals surface area contributed by atoms with Gasteiger partial charge in [0.05, 0.1) is 14.2 Å². The second-order valence-electron chi connectivity index (χ2n) is 4.01. The number of thiocarbonyl (C=S) groups is 1. The Bertz CT molecular complexity index is 635. The van der Waals surface area contributed by atoms with Crippen LogP contribution in [-0.4, -0.2) is 24.3 Å². The summed E-state index contributed by atoms with van der Waals surface area (Å²) >= 11 is 8.58. The van der Waals surface area contributed by atoms with Gasteiger partial charge >= 0.3 is 0 Å². The van der Waals surface area contributed by atoms with Crippen LogP contribution in [0.4, 0.5) is 11.5 Å². The summed E-state index contributed by atoms with van der Waals surface area (Å²) in [5, 5.41) is 6.51. The molecule has 0 radical (unpaired) electrons. The predicted octanol–water partition coefficient (Wildman–Crippen LogP) is 3.67. The molecular formula is C14H14BrN3O2S. The van der Waals surface area contributed by atoms with Crippen molar-refractivity contribution in [3.05, 3.63) is 41.0 Å². The van der Waals surface area contributed by atoms with E-state index >= 15 is 0 Å². The monoisotopic (exact) mass is 367 g/mol. The molecule has 0 bridgehead atoms. The first-order valence-corrected chi connectivity index (χ1v) is 7.24. The maximum absolute atomic E-state index is 5.25. The minimum Gasteiger partial charge on any atom is -0.493 e. The van der Waals surface area contributed by atoms with Gasteiger partial charge in [0, 0.05) is 22.4 Å². The van der Waals surface area contributed by atoms with Crippen molar-refractivity contribution in [2.75, 3.05) is 24.9 Å². The quantitative estimate of drug-likeness (QED) is 0.804. The summed E-state index contributed by atoms with van der Waals surface area (Å²) in [5.41, 5.74) is 0.794. The van der Waals surface area contributed by atoms with E-state index in [0.29, 0.717) is 22.4 Å². The lowest BCUT2D eigenvalue weighted by Gasteiger charge is -2.12. The molecule has 5 nitrogen and oxygen atoms in total. The zero-order valence-electron chi connectivity index (χ0n) is 11.5. The van der Waals surface area contributed by atoms with Gasteiger partial charge < -0.3 is 20.1 Å². The summed E-state index contributed by atoms with van der Waals surface area (Å²) in [6.45, 7) is 0. The Kier molecular flexibility index (Phi) is 5.35. The highest BCUT2D eigenvalue weighted by Crippen LogP contribution is 2.29. The fourth-order valence-corrected chi connectivity index (χ4v) is 2.10. The predicted molar refractivity (Wildman–Crippen MR) is 91.3 cm³/mol. The smallest absolute Gasteiger partial charge is 0.176 e. The summed E-state index contributed by atoms with van der Waals surface area (Å²) in [5.74, 6) is 1.96. The molecule has 7 heteroatoms. The van der Waals surface area contributed by atoms with E-state index in [1.165, 1.54) is 0 Å². The number of hydrogen-bond donors (Lipinski definition) is 2. The Morgan fingerprint density at radius 1 is 1.10 bits per heavy atom. The van der Waals surface area contributed by atoms with Crippen molar-refractivity contribution in [3.63, 3.8) is 0 Å². The van der Waals surface area contributed by atoms with E-state index in [4.69, 9.17) is 21.7 Å². The number of rotatable bonds is 4. The van der Waals surface area contributed by atoms with E-state index in [1.807, 2.05) is 30.3 Å². The number of anilines is 2. The highest BCUT2D eigenvalue weighted by Gasteiger charge is 2.06. The van der Waals surface area contributed by atoms with Crippen molar-refractivity contribution in [1.82, 2.24) is 4.98 Å². The van der Waals surface area contributed by atoms with Gasteiger partial charge in [-0.3, -0.25) is 0 Å².